The van der Waals surface area contributed by atoms with Crippen molar-refractivity contribution in [1.29, 1.82) is 0 Å². The van der Waals surface area contributed by atoms with E-state index in [2.05, 4.69) is 34.5 Å². The molecule has 0 bridgehead atoms. The highest BCUT2D eigenvalue weighted by atomic mass is 16.1. The summed E-state index contributed by atoms with van der Waals surface area (Å²) in [5.41, 5.74) is 4.42. The molecule has 1 aliphatic heterocycles. The number of carbonyl (C=O) groups is 1. The summed E-state index contributed by atoms with van der Waals surface area (Å²) in [6.45, 7) is 5.01. The first-order chi connectivity index (χ1) is 11.7. The zero-order valence-electron chi connectivity index (χ0n) is 14.4. The van der Waals surface area contributed by atoms with Gasteiger partial charge in [-0.25, -0.2) is 0 Å². The molecule has 24 heavy (non-hydrogen) atoms. The van der Waals surface area contributed by atoms with Gasteiger partial charge in [0.1, 0.15) is 0 Å². The molecular formula is C21H26N2O. The Bertz CT molecular complexity index is 672. The minimum atomic E-state index is 0.00337. The molecule has 2 aromatic rings. The second-order valence-corrected chi connectivity index (χ2v) is 6.59. The molecule has 3 nitrogen and oxygen atoms in total. The Balaban J connectivity index is 1.49. The lowest BCUT2D eigenvalue weighted by Gasteiger charge is -2.28. The molecule has 1 fully saturated rings. The van der Waals surface area contributed by atoms with Crippen LogP contribution in [0.25, 0.3) is 0 Å². The Morgan fingerprint density at radius 3 is 2.50 bits per heavy atom. The number of carbonyl (C=O) groups excluding carboxylic acids is 1. The maximum Gasteiger partial charge on any atom is 0.251 e. The number of rotatable bonds is 5. The summed E-state index contributed by atoms with van der Waals surface area (Å²) < 4.78 is 0. The van der Waals surface area contributed by atoms with Crippen molar-refractivity contribution >= 4 is 11.6 Å². The number of benzene rings is 2. The fourth-order valence-electron chi connectivity index (χ4n) is 3.23. The van der Waals surface area contributed by atoms with Crippen LogP contribution in [0.15, 0.2) is 48.5 Å². The van der Waals surface area contributed by atoms with Gasteiger partial charge in [0.25, 0.3) is 5.91 Å². The first-order valence-corrected chi connectivity index (χ1v) is 8.91. The molecule has 1 N–H and O–H groups in total. The van der Waals surface area contributed by atoms with Crippen LogP contribution in [0.4, 0.5) is 5.69 Å². The molecule has 2 aromatic carbocycles. The molecule has 3 heteroatoms. The Kier molecular flexibility index (Phi) is 5.52. The van der Waals surface area contributed by atoms with E-state index in [0.29, 0.717) is 6.54 Å². The van der Waals surface area contributed by atoms with Gasteiger partial charge in [0.2, 0.25) is 0 Å². The zero-order valence-corrected chi connectivity index (χ0v) is 14.4. The van der Waals surface area contributed by atoms with E-state index in [1.807, 2.05) is 31.2 Å². The average molecular weight is 322 g/mol. The molecule has 0 saturated carbocycles. The predicted octanol–water partition coefficient (Wildman–Crippen LogP) is 3.96. The minimum Gasteiger partial charge on any atom is -0.372 e. The predicted molar refractivity (Wildman–Crippen MR) is 99.7 cm³/mol. The van der Waals surface area contributed by atoms with E-state index in [0.717, 1.165) is 17.5 Å². The van der Waals surface area contributed by atoms with Crippen LogP contribution < -0.4 is 10.2 Å². The molecule has 126 valence electrons. The highest BCUT2D eigenvalue weighted by Crippen LogP contribution is 2.20. The second kappa shape index (κ2) is 8.00. The lowest BCUT2D eigenvalue weighted by Crippen LogP contribution is -2.29. The molecule has 0 aliphatic carbocycles. The third kappa shape index (κ3) is 4.38. The molecule has 0 unspecified atom stereocenters. The highest BCUT2D eigenvalue weighted by molar-refractivity contribution is 5.94. The van der Waals surface area contributed by atoms with Crippen LogP contribution in [0.5, 0.6) is 0 Å². The van der Waals surface area contributed by atoms with Crippen LogP contribution in [0, 0.1) is 6.92 Å². The van der Waals surface area contributed by atoms with Gasteiger partial charge in [0.15, 0.2) is 0 Å². The molecule has 1 saturated heterocycles. The summed E-state index contributed by atoms with van der Waals surface area (Å²) >= 11 is 0. The fraction of sp³-hybridized carbons (Fsp3) is 0.381. The Labute approximate surface area is 144 Å². The van der Waals surface area contributed by atoms with E-state index < -0.39 is 0 Å². The topological polar surface area (TPSA) is 32.3 Å². The van der Waals surface area contributed by atoms with Crippen molar-refractivity contribution in [2.75, 3.05) is 24.5 Å². The molecule has 3 rings (SSSR count). The van der Waals surface area contributed by atoms with Crippen molar-refractivity contribution in [2.45, 2.75) is 32.6 Å². The van der Waals surface area contributed by atoms with E-state index in [1.165, 1.54) is 43.6 Å². The van der Waals surface area contributed by atoms with Crippen molar-refractivity contribution in [3.8, 4) is 0 Å². The van der Waals surface area contributed by atoms with Crippen molar-refractivity contribution in [3.63, 3.8) is 0 Å². The van der Waals surface area contributed by atoms with E-state index in [4.69, 9.17) is 0 Å². The summed E-state index contributed by atoms with van der Waals surface area (Å²) in [5.74, 6) is 0.00337. The molecule has 0 atom stereocenters. The van der Waals surface area contributed by atoms with Gasteiger partial charge in [-0.15, -0.1) is 0 Å². The van der Waals surface area contributed by atoms with Gasteiger partial charge < -0.3 is 10.2 Å². The number of anilines is 1. The average Bonchev–Trinajstić information content (AvgIpc) is 2.63. The fourth-order valence-corrected chi connectivity index (χ4v) is 3.23. The zero-order chi connectivity index (χ0) is 16.8. The summed E-state index contributed by atoms with van der Waals surface area (Å²) in [5, 5.41) is 3.00. The summed E-state index contributed by atoms with van der Waals surface area (Å²) in [4.78, 5) is 14.6. The van der Waals surface area contributed by atoms with Crippen molar-refractivity contribution in [3.05, 3.63) is 65.2 Å². The summed E-state index contributed by atoms with van der Waals surface area (Å²) in [7, 11) is 0. The number of amides is 1. The van der Waals surface area contributed by atoms with E-state index >= 15 is 0 Å². The monoisotopic (exact) mass is 322 g/mol. The van der Waals surface area contributed by atoms with Gasteiger partial charge in [-0.3, -0.25) is 4.79 Å². The standard InChI is InChI=1S/C21H26N2O/c1-17-6-5-7-19(16-17)21(24)22-13-12-18-8-10-20(11-9-18)23-14-3-2-4-15-23/h5-11,16H,2-4,12-15H2,1H3,(H,22,24). The number of hydrogen-bond donors (Lipinski definition) is 1. The highest BCUT2D eigenvalue weighted by Gasteiger charge is 2.10. The van der Waals surface area contributed by atoms with Gasteiger partial charge in [-0.1, -0.05) is 29.8 Å². The third-order valence-corrected chi connectivity index (χ3v) is 4.64. The number of aryl methyl sites for hydroxylation is 1. The van der Waals surface area contributed by atoms with Gasteiger partial charge in [-0.2, -0.15) is 0 Å². The first-order valence-electron chi connectivity index (χ1n) is 8.91. The molecule has 0 spiro atoms. The number of nitrogens with zero attached hydrogens (tertiary/aromatic N) is 1. The normalized spacial score (nSPS) is 14.5. The van der Waals surface area contributed by atoms with E-state index in [1.54, 1.807) is 0 Å². The van der Waals surface area contributed by atoms with Crippen LogP contribution in [-0.2, 0) is 6.42 Å². The first kappa shape index (κ1) is 16.6. The third-order valence-electron chi connectivity index (χ3n) is 4.64. The summed E-state index contributed by atoms with van der Waals surface area (Å²) in [6.07, 6.45) is 4.81. The van der Waals surface area contributed by atoms with Gasteiger partial charge in [0.05, 0.1) is 0 Å². The van der Waals surface area contributed by atoms with Crippen molar-refractivity contribution in [2.24, 2.45) is 0 Å². The van der Waals surface area contributed by atoms with Crippen LogP contribution in [0.3, 0.4) is 0 Å². The molecule has 1 amide bonds. The van der Waals surface area contributed by atoms with Crippen molar-refractivity contribution < 1.29 is 4.79 Å². The summed E-state index contributed by atoms with van der Waals surface area (Å²) in [6, 6.07) is 16.5. The van der Waals surface area contributed by atoms with E-state index in [9.17, 15) is 4.79 Å². The van der Waals surface area contributed by atoms with E-state index in [-0.39, 0.29) is 5.91 Å². The largest absolute Gasteiger partial charge is 0.372 e. The van der Waals surface area contributed by atoms with Crippen molar-refractivity contribution in [1.82, 2.24) is 5.32 Å². The van der Waals surface area contributed by atoms with Crippen LogP contribution in [0.1, 0.15) is 40.7 Å². The maximum absolute atomic E-state index is 12.1. The molecule has 0 radical (unpaired) electrons. The number of piperidine rings is 1. The molecule has 1 heterocycles. The van der Waals surface area contributed by atoms with Gasteiger partial charge in [-0.05, 0) is 62.4 Å². The maximum atomic E-state index is 12.1. The molecule has 1 aliphatic rings. The lowest BCUT2D eigenvalue weighted by molar-refractivity contribution is 0.0954. The van der Waals surface area contributed by atoms with Gasteiger partial charge >= 0.3 is 0 Å². The number of hydrogen-bond acceptors (Lipinski definition) is 2. The second-order valence-electron chi connectivity index (χ2n) is 6.59. The smallest absolute Gasteiger partial charge is 0.251 e. The minimum absolute atomic E-state index is 0.00337. The van der Waals surface area contributed by atoms with Gasteiger partial charge in [0, 0.05) is 30.9 Å². The Morgan fingerprint density at radius 2 is 1.79 bits per heavy atom. The quantitative estimate of drug-likeness (QED) is 0.904. The van der Waals surface area contributed by atoms with Crippen LogP contribution in [-0.4, -0.2) is 25.5 Å². The Morgan fingerprint density at radius 1 is 1.04 bits per heavy atom. The SMILES string of the molecule is Cc1cccc(C(=O)NCCc2ccc(N3CCCCC3)cc2)c1. The number of nitrogens with one attached hydrogen (secondary N) is 1. The van der Waals surface area contributed by atoms with Crippen LogP contribution in [0.2, 0.25) is 0 Å². The molecule has 0 aromatic heterocycles. The van der Waals surface area contributed by atoms with Crippen LogP contribution >= 0.6 is 0 Å². The Hall–Kier alpha value is -2.29. The lowest BCUT2D eigenvalue weighted by atomic mass is 10.1. The molecular weight excluding hydrogens is 296 g/mol.